The van der Waals surface area contributed by atoms with E-state index in [1.54, 1.807) is 0 Å². The van der Waals surface area contributed by atoms with E-state index < -0.39 is 0 Å². The summed E-state index contributed by atoms with van der Waals surface area (Å²) < 4.78 is 0. The predicted octanol–water partition coefficient (Wildman–Crippen LogP) is 2.52. The molecule has 16 heavy (non-hydrogen) atoms. The van der Waals surface area contributed by atoms with Crippen LogP contribution in [0.25, 0.3) is 0 Å². The molecule has 2 nitrogen and oxygen atoms in total. The Hall–Kier alpha value is -0.860. The third kappa shape index (κ3) is 2.63. The van der Waals surface area contributed by atoms with Crippen LogP contribution in [0.15, 0.2) is 24.3 Å². The highest BCUT2D eigenvalue weighted by Gasteiger charge is 2.19. The van der Waals surface area contributed by atoms with Gasteiger partial charge in [-0.1, -0.05) is 37.1 Å². The van der Waals surface area contributed by atoms with Crippen LogP contribution in [-0.2, 0) is 13.1 Å². The van der Waals surface area contributed by atoms with Crippen molar-refractivity contribution >= 4 is 0 Å². The second-order valence-electron chi connectivity index (χ2n) is 4.83. The molecule has 1 aliphatic rings. The molecule has 0 heterocycles. The number of hydrogen-bond donors (Lipinski definition) is 1. The maximum Gasteiger partial charge on any atom is 0.0236 e. The van der Waals surface area contributed by atoms with Crippen LogP contribution in [0, 0.1) is 0 Å². The molecule has 2 N–H and O–H groups in total. The summed E-state index contributed by atoms with van der Waals surface area (Å²) in [7, 11) is 2.24. The summed E-state index contributed by atoms with van der Waals surface area (Å²) in [5.41, 5.74) is 8.43. The molecule has 0 saturated heterocycles. The predicted molar refractivity (Wildman–Crippen MR) is 68.1 cm³/mol. The first-order chi connectivity index (χ1) is 7.81. The van der Waals surface area contributed by atoms with Crippen LogP contribution < -0.4 is 5.73 Å². The van der Waals surface area contributed by atoms with Crippen molar-refractivity contribution < 1.29 is 0 Å². The SMILES string of the molecule is CN(Cc1ccccc1CN)C1CCCC1. The number of rotatable bonds is 4. The molecule has 1 aliphatic carbocycles. The van der Waals surface area contributed by atoms with Crippen LogP contribution in [0.1, 0.15) is 36.8 Å². The minimum absolute atomic E-state index is 0.648. The van der Waals surface area contributed by atoms with Crippen LogP contribution in [-0.4, -0.2) is 18.0 Å². The van der Waals surface area contributed by atoms with E-state index >= 15 is 0 Å². The first-order valence-electron chi connectivity index (χ1n) is 6.28. The Labute approximate surface area is 98.4 Å². The second kappa shape index (κ2) is 5.46. The third-order valence-corrected chi connectivity index (χ3v) is 3.71. The summed E-state index contributed by atoms with van der Waals surface area (Å²) >= 11 is 0. The van der Waals surface area contributed by atoms with E-state index in [2.05, 4.69) is 36.2 Å². The molecule has 1 saturated carbocycles. The van der Waals surface area contributed by atoms with Gasteiger partial charge in [0.2, 0.25) is 0 Å². The lowest BCUT2D eigenvalue weighted by molar-refractivity contribution is 0.237. The number of nitrogens with zero attached hydrogens (tertiary/aromatic N) is 1. The molecule has 1 fully saturated rings. The molecule has 0 amide bonds. The Morgan fingerprint density at radius 1 is 1.19 bits per heavy atom. The van der Waals surface area contributed by atoms with Crippen molar-refractivity contribution in [1.29, 1.82) is 0 Å². The number of benzene rings is 1. The highest BCUT2D eigenvalue weighted by atomic mass is 15.1. The van der Waals surface area contributed by atoms with Crippen molar-refractivity contribution in [2.45, 2.75) is 44.8 Å². The Balaban J connectivity index is 2.01. The highest BCUT2D eigenvalue weighted by Crippen LogP contribution is 2.24. The molecule has 0 radical (unpaired) electrons. The zero-order valence-electron chi connectivity index (χ0n) is 10.2. The maximum absolute atomic E-state index is 5.76. The maximum atomic E-state index is 5.76. The van der Waals surface area contributed by atoms with Gasteiger partial charge in [0.1, 0.15) is 0 Å². The van der Waals surface area contributed by atoms with E-state index in [-0.39, 0.29) is 0 Å². The largest absolute Gasteiger partial charge is 0.326 e. The summed E-state index contributed by atoms with van der Waals surface area (Å²) in [5, 5.41) is 0. The van der Waals surface area contributed by atoms with Crippen molar-refractivity contribution in [3.05, 3.63) is 35.4 Å². The lowest BCUT2D eigenvalue weighted by atomic mass is 10.1. The van der Waals surface area contributed by atoms with Crippen molar-refractivity contribution in [3.63, 3.8) is 0 Å². The van der Waals surface area contributed by atoms with Gasteiger partial charge in [-0.2, -0.15) is 0 Å². The van der Waals surface area contributed by atoms with E-state index in [0.29, 0.717) is 6.54 Å². The molecule has 1 aromatic carbocycles. The average molecular weight is 218 g/mol. The van der Waals surface area contributed by atoms with Gasteiger partial charge in [0.05, 0.1) is 0 Å². The number of hydrogen-bond acceptors (Lipinski definition) is 2. The Morgan fingerprint density at radius 3 is 2.44 bits per heavy atom. The summed E-state index contributed by atoms with van der Waals surface area (Å²) in [6.07, 6.45) is 5.52. The Bertz CT molecular complexity index is 329. The fourth-order valence-corrected chi connectivity index (χ4v) is 2.65. The van der Waals surface area contributed by atoms with Gasteiger partial charge >= 0.3 is 0 Å². The van der Waals surface area contributed by atoms with Gasteiger partial charge in [0.15, 0.2) is 0 Å². The molecular formula is C14H22N2. The van der Waals surface area contributed by atoms with Gasteiger partial charge in [-0.05, 0) is 31.0 Å². The molecule has 0 atom stereocenters. The monoisotopic (exact) mass is 218 g/mol. The van der Waals surface area contributed by atoms with Crippen LogP contribution in [0.4, 0.5) is 0 Å². The van der Waals surface area contributed by atoms with Gasteiger partial charge < -0.3 is 5.73 Å². The van der Waals surface area contributed by atoms with E-state index in [9.17, 15) is 0 Å². The minimum atomic E-state index is 0.648. The molecule has 0 bridgehead atoms. The van der Waals surface area contributed by atoms with Gasteiger partial charge in [-0.3, -0.25) is 4.90 Å². The molecular weight excluding hydrogens is 196 g/mol. The zero-order chi connectivity index (χ0) is 11.4. The van der Waals surface area contributed by atoms with Crippen molar-refractivity contribution in [3.8, 4) is 0 Å². The molecule has 2 heteroatoms. The van der Waals surface area contributed by atoms with Crippen LogP contribution in [0.5, 0.6) is 0 Å². The van der Waals surface area contributed by atoms with Crippen LogP contribution in [0.2, 0.25) is 0 Å². The minimum Gasteiger partial charge on any atom is -0.326 e. The van der Waals surface area contributed by atoms with E-state index in [1.807, 2.05) is 0 Å². The van der Waals surface area contributed by atoms with E-state index in [1.165, 1.54) is 36.8 Å². The second-order valence-corrected chi connectivity index (χ2v) is 4.83. The van der Waals surface area contributed by atoms with Crippen LogP contribution in [0.3, 0.4) is 0 Å². The standard InChI is InChI=1S/C14H22N2/c1-16(14-8-4-5-9-14)11-13-7-3-2-6-12(13)10-15/h2-3,6-7,14H,4-5,8-11,15H2,1H3. The number of nitrogens with two attached hydrogens (primary N) is 1. The fourth-order valence-electron chi connectivity index (χ4n) is 2.65. The van der Waals surface area contributed by atoms with Gasteiger partial charge in [-0.15, -0.1) is 0 Å². The molecule has 1 aromatic rings. The van der Waals surface area contributed by atoms with Gasteiger partial charge in [0.25, 0.3) is 0 Å². The average Bonchev–Trinajstić information content (AvgIpc) is 2.83. The summed E-state index contributed by atoms with van der Waals surface area (Å²) in [6.45, 7) is 1.69. The van der Waals surface area contributed by atoms with Crippen molar-refractivity contribution in [2.75, 3.05) is 7.05 Å². The highest BCUT2D eigenvalue weighted by molar-refractivity contribution is 5.26. The van der Waals surface area contributed by atoms with Crippen molar-refractivity contribution in [2.24, 2.45) is 5.73 Å². The molecule has 0 unspecified atom stereocenters. The first kappa shape index (κ1) is 11.6. The van der Waals surface area contributed by atoms with Gasteiger partial charge in [0, 0.05) is 19.1 Å². The summed E-state index contributed by atoms with van der Waals surface area (Å²) in [4.78, 5) is 2.49. The fraction of sp³-hybridized carbons (Fsp3) is 0.571. The zero-order valence-corrected chi connectivity index (χ0v) is 10.2. The molecule has 88 valence electrons. The third-order valence-electron chi connectivity index (χ3n) is 3.71. The van der Waals surface area contributed by atoms with Crippen molar-refractivity contribution in [1.82, 2.24) is 4.90 Å². The van der Waals surface area contributed by atoms with Gasteiger partial charge in [-0.25, -0.2) is 0 Å². The summed E-state index contributed by atoms with van der Waals surface area (Å²) in [5.74, 6) is 0. The van der Waals surface area contributed by atoms with E-state index in [4.69, 9.17) is 5.73 Å². The lowest BCUT2D eigenvalue weighted by Crippen LogP contribution is -2.29. The first-order valence-corrected chi connectivity index (χ1v) is 6.28. The Kier molecular flexibility index (Phi) is 3.97. The molecule has 0 aromatic heterocycles. The lowest BCUT2D eigenvalue weighted by Gasteiger charge is -2.25. The summed E-state index contributed by atoms with van der Waals surface area (Å²) in [6, 6.07) is 9.30. The van der Waals surface area contributed by atoms with E-state index in [0.717, 1.165) is 12.6 Å². The smallest absolute Gasteiger partial charge is 0.0236 e. The Morgan fingerprint density at radius 2 is 1.81 bits per heavy atom. The molecule has 0 aliphatic heterocycles. The normalized spacial score (nSPS) is 17.2. The molecule has 2 rings (SSSR count). The topological polar surface area (TPSA) is 29.3 Å². The molecule has 0 spiro atoms. The van der Waals surface area contributed by atoms with Crippen LogP contribution >= 0.6 is 0 Å². The quantitative estimate of drug-likeness (QED) is 0.841.